The first-order valence-corrected chi connectivity index (χ1v) is 7.95. The normalized spacial score (nSPS) is 17.0. The summed E-state index contributed by atoms with van der Waals surface area (Å²) in [5.74, 6) is 0.703. The van der Waals surface area contributed by atoms with Crippen molar-refractivity contribution in [2.24, 2.45) is 0 Å². The van der Waals surface area contributed by atoms with Crippen LogP contribution in [0.5, 0.6) is 5.75 Å². The van der Waals surface area contributed by atoms with Gasteiger partial charge in [-0.3, -0.25) is 4.79 Å². The van der Waals surface area contributed by atoms with Gasteiger partial charge in [-0.05, 0) is 50.1 Å². The maximum absolute atomic E-state index is 12.6. The molecule has 0 amide bonds. The van der Waals surface area contributed by atoms with Crippen molar-refractivity contribution in [1.29, 1.82) is 0 Å². The van der Waals surface area contributed by atoms with Gasteiger partial charge >= 0.3 is 0 Å². The zero-order chi connectivity index (χ0) is 17.3. The predicted octanol–water partition coefficient (Wildman–Crippen LogP) is 3.43. The predicted molar refractivity (Wildman–Crippen MR) is 97.1 cm³/mol. The van der Waals surface area contributed by atoms with Crippen molar-refractivity contribution in [3.63, 3.8) is 0 Å². The molecule has 0 saturated heterocycles. The van der Waals surface area contributed by atoms with E-state index in [1.807, 2.05) is 12.1 Å². The van der Waals surface area contributed by atoms with Crippen molar-refractivity contribution < 1.29 is 9.53 Å². The molecule has 1 aliphatic heterocycles. The summed E-state index contributed by atoms with van der Waals surface area (Å²) < 4.78 is 5.33. The zero-order valence-corrected chi connectivity index (χ0v) is 14.2. The van der Waals surface area contributed by atoms with Gasteiger partial charge in [0, 0.05) is 34.1 Å². The van der Waals surface area contributed by atoms with Crippen molar-refractivity contribution >= 4 is 17.2 Å². The Labute approximate surface area is 142 Å². The lowest BCUT2D eigenvalue weighted by Gasteiger charge is -2.35. The van der Waals surface area contributed by atoms with Crippen LogP contribution in [0.25, 0.3) is 5.70 Å². The third kappa shape index (κ3) is 3.27. The van der Waals surface area contributed by atoms with E-state index < -0.39 is 0 Å². The lowest BCUT2D eigenvalue weighted by atomic mass is 9.85. The number of nitrogens with one attached hydrogen (secondary N) is 1. The summed E-state index contributed by atoms with van der Waals surface area (Å²) in [6.07, 6.45) is 2.53. The number of nitrogens with two attached hydrogens (primary N) is 1. The first-order chi connectivity index (χ1) is 11.4. The number of methoxy groups -OCH3 is 1. The second-order valence-electron chi connectivity index (χ2n) is 6.76. The molecule has 0 atom stereocenters. The smallest absolute Gasteiger partial charge is 0.187 e. The van der Waals surface area contributed by atoms with E-state index in [1.54, 1.807) is 37.5 Å². The Kier molecular flexibility index (Phi) is 4.06. The molecule has 0 unspecified atom stereocenters. The van der Waals surface area contributed by atoms with Crippen LogP contribution < -0.4 is 15.8 Å². The number of hydrogen-bond donors (Lipinski definition) is 2. The minimum absolute atomic E-state index is 0.0729. The number of allylic oxidation sites excluding steroid dienone is 1. The fraction of sp³-hybridized carbons (Fsp3) is 0.250. The third-order valence-corrected chi connectivity index (χ3v) is 4.16. The minimum atomic E-state index is -0.122. The van der Waals surface area contributed by atoms with Crippen LogP contribution in [-0.2, 0) is 6.42 Å². The molecule has 4 nitrogen and oxygen atoms in total. The molecule has 0 radical (unpaired) electrons. The quantitative estimate of drug-likeness (QED) is 0.516. The van der Waals surface area contributed by atoms with Gasteiger partial charge in [0.15, 0.2) is 5.78 Å². The average Bonchev–Trinajstić information content (AvgIpc) is 2.53. The number of hydrogen-bond acceptors (Lipinski definition) is 4. The number of rotatable bonds is 3. The fourth-order valence-corrected chi connectivity index (χ4v) is 3.06. The Bertz CT molecular complexity index is 822. The lowest BCUT2D eigenvalue weighted by Crippen LogP contribution is -2.43. The Morgan fingerprint density at radius 3 is 2.75 bits per heavy atom. The van der Waals surface area contributed by atoms with Crippen LogP contribution in [-0.4, -0.2) is 18.4 Å². The van der Waals surface area contributed by atoms with Crippen molar-refractivity contribution in [1.82, 2.24) is 5.32 Å². The lowest BCUT2D eigenvalue weighted by molar-refractivity contribution is 0.104. The van der Waals surface area contributed by atoms with Gasteiger partial charge in [-0.2, -0.15) is 0 Å². The van der Waals surface area contributed by atoms with Crippen molar-refractivity contribution in [2.45, 2.75) is 25.8 Å². The number of benzene rings is 2. The topological polar surface area (TPSA) is 64.3 Å². The molecule has 1 aliphatic rings. The van der Waals surface area contributed by atoms with Crippen LogP contribution in [0.4, 0.5) is 5.69 Å². The van der Waals surface area contributed by atoms with E-state index in [0.717, 1.165) is 23.4 Å². The molecule has 24 heavy (non-hydrogen) atoms. The highest BCUT2D eigenvalue weighted by Gasteiger charge is 2.28. The number of ether oxygens (including phenoxy) is 1. The van der Waals surface area contributed by atoms with Gasteiger partial charge in [0.2, 0.25) is 0 Å². The van der Waals surface area contributed by atoms with Gasteiger partial charge in [0.05, 0.1) is 7.11 Å². The summed E-state index contributed by atoms with van der Waals surface area (Å²) >= 11 is 0. The Morgan fingerprint density at radius 1 is 1.25 bits per heavy atom. The summed E-state index contributed by atoms with van der Waals surface area (Å²) in [7, 11) is 1.64. The molecule has 0 aromatic heterocycles. The van der Waals surface area contributed by atoms with Crippen LogP contribution in [0, 0.1) is 0 Å². The second-order valence-corrected chi connectivity index (χ2v) is 6.76. The van der Waals surface area contributed by atoms with E-state index in [2.05, 4.69) is 25.2 Å². The second kappa shape index (κ2) is 6.04. The highest BCUT2D eigenvalue weighted by Crippen LogP contribution is 2.32. The Hall–Kier alpha value is -2.75. The number of carbonyl (C=O) groups excluding carboxylic acids is 1. The molecule has 0 bridgehead atoms. The Morgan fingerprint density at radius 2 is 2.04 bits per heavy atom. The van der Waals surface area contributed by atoms with Gasteiger partial charge in [0.25, 0.3) is 0 Å². The van der Waals surface area contributed by atoms with E-state index in [4.69, 9.17) is 10.5 Å². The molecular formula is C20H22N2O2. The molecule has 2 aromatic rings. The van der Waals surface area contributed by atoms with Crippen LogP contribution in [0.3, 0.4) is 0 Å². The maximum atomic E-state index is 12.6. The van der Waals surface area contributed by atoms with Crippen LogP contribution in [0.1, 0.15) is 35.3 Å². The molecular weight excluding hydrogens is 300 g/mol. The van der Waals surface area contributed by atoms with Gasteiger partial charge in [0.1, 0.15) is 5.75 Å². The number of fused-ring (bicyclic) bond motifs is 1. The van der Waals surface area contributed by atoms with E-state index in [0.29, 0.717) is 11.3 Å². The van der Waals surface area contributed by atoms with Gasteiger partial charge in [-0.25, -0.2) is 0 Å². The van der Waals surface area contributed by atoms with Gasteiger partial charge < -0.3 is 15.8 Å². The summed E-state index contributed by atoms with van der Waals surface area (Å²) in [6.45, 7) is 4.25. The molecule has 0 saturated carbocycles. The fourth-order valence-electron chi connectivity index (χ4n) is 3.06. The molecule has 124 valence electrons. The number of nitrogen functional groups attached to an aromatic ring is 1. The summed E-state index contributed by atoms with van der Waals surface area (Å²) in [5.41, 5.74) is 9.84. The molecule has 0 spiro atoms. The molecule has 0 aliphatic carbocycles. The van der Waals surface area contributed by atoms with Crippen LogP contribution in [0.2, 0.25) is 0 Å². The third-order valence-electron chi connectivity index (χ3n) is 4.16. The Balaban J connectivity index is 2.05. The van der Waals surface area contributed by atoms with Crippen LogP contribution >= 0.6 is 0 Å². The number of carbonyl (C=O) groups is 1. The molecule has 1 heterocycles. The number of anilines is 1. The average molecular weight is 322 g/mol. The van der Waals surface area contributed by atoms with E-state index in [1.165, 1.54) is 5.56 Å². The molecule has 2 aromatic carbocycles. The van der Waals surface area contributed by atoms with Gasteiger partial charge in [-0.15, -0.1) is 0 Å². The monoisotopic (exact) mass is 322 g/mol. The number of ketones is 1. The first-order valence-electron chi connectivity index (χ1n) is 7.95. The van der Waals surface area contributed by atoms with Crippen molar-refractivity contribution in [2.75, 3.05) is 12.8 Å². The molecule has 3 N–H and O–H groups in total. The van der Waals surface area contributed by atoms with E-state index in [-0.39, 0.29) is 11.3 Å². The highest BCUT2D eigenvalue weighted by molar-refractivity contribution is 6.09. The largest absolute Gasteiger partial charge is 0.497 e. The summed E-state index contributed by atoms with van der Waals surface area (Å²) in [4.78, 5) is 12.6. The highest BCUT2D eigenvalue weighted by atomic mass is 16.5. The first kappa shape index (κ1) is 16.1. The van der Waals surface area contributed by atoms with Crippen molar-refractivity contribution in [3.05, 3.63) is 65.2 Å². The SMILES string of the molecule is COc1ccc2c(c1)/C(=C/C(=O)c1cccc(N)c1)NC(C)(C)C2. The van der Waals surface area contributed by atoms with E-state index >= 15 is 0 Å². The minimum Gasteiger partial charge on any atom is -0.497 e. The summed E-state index contributed by atoms with van der Waals surface area (Å²) in [5, 5.41) is 3.47. The zero-order valence-electron chi connectivity index (χ0n) is 14.2. The van der Waals surface area contributed by atoms with Crippen molar-refractivity contribution in [3.8, 4) is 5.75 Å². The molecule has 4 heteroatoms. The standard InChI is InChI=1S/C20H22N2O2/c1-20(2)12-14-7-8-16(24-3)10-17(14)18(22-20)11-19(23)13-5-4-6-15(21)9-13/h4-11,22H,12,21H2,1-3H3/b18-11-. The molecule has 0 fully saturated rings. The molecule has 3 rings (SSSR count). The van der Waals surface area contributed by atoms with Gasteiger partial charge in [-0.1, -0.05) is 18.2 Å². The maximum Gasteiger partial charge on any atom is 0.187 e. The summed E-state index contributed by atoms with van der Waals surface area (Å²) in [6, 6.07) is 13.0. The van der Waals surface area contributed by atoms with E-state index in [9.17, 15) is 4.79 Å². The van der Waals surface area contributed by atoms with Crippen LogP contribution in [0.15, 0.2) is 48.5 Å².